The molecule has 6 nitrogen and oxygen atoms in total. The second-order valence-corrected chi connectivity index (χ2v) is 7.98. The standard InChI is InChI=1S/C27H18F5N3O3/c1-3-37-20-11-15(8-9-19(20)38-13-17-7-5-4-6-16(17)12-33)10-18-14(2)34-35(27(18)36)26-24(31)22(29)21(28)23(30)25(26)32/h4-11H,3,13H2,1-2H3/b18-10+. The first-order chi connectivity index (χ1) is 18.2. The van der Waals surface area contributed by atoms with Crippen LogP contribution in [0.3, 0.4) is 0 Å². The van der Waals surface area contributed by atoms with Crippen molar-refractivity contribution >= 4 is 23.4 Å². The quantitative estimate of drug-likeness (QED) is 0.163. The number of nitrogens with zero attached hydrogens (tertiary/aromatic N) is 3. The maximum atomic E-state index is 14.3. The number of hydrogen-bond acceptors (Lipinski definition) is 5. The van der Waals surface area contributed by atoms with Crippen LogP contribution in [0, 0.1) is 40.4 Å². The third-order valence-corrected chi connectivity index (χ3v) is 5.56. The van der Waals surface area contributed by atoms with Crippen molar-refractivity contribution in [3.63, 3.8) is 0 Å². The molecular weight excluding hydrogens is 509 g/mol. The zero-order chi connectivity index (χ0) is 27.6. The van der Waals surface area contributed by atoms with Crippen LogP contribution in [0.5, 0.6) is 11.5 Å². The van der Waals surface area contributed by atoms with Gasteiger partial charge in [-0.05, 0) is 43.7 Å². The van der Waals surface area contributed by atoms with Crippen molar-refractivity contribution in [2.75, 3.05) is 11.6 Å². The summed E-state index contributed by atoms with van der Waals surface area (Å²) in [5.41, 5.74) is -0.0702. The van der Waals surface area contributed by atoms with Crippen LogP contribution in [0.25, 0.3) is 6.08 Å². The van der Waals surface area contributed by atoms with E-state index >= 15 is 0 Å². The van der Waals surface area contributed by atoms with Gasteiger partial charge in [0.15, 0.2) is 34.8 Å². The number of hydrazone groups is 1. The number of ether oxygens (including phenoxy) is 2. The average Bonchev–Trinajstić information content (AvgIpc) is 3.18. The maximum Gasteiger partial charge on any atom is 0.280 e. The number of rotatable bonds is 7. The van der Waals surface area contributed by atoms with Gasteiger partial charge in [-0.1, -0.05) is 24.3 Å². The molecule has 1 heterocycles. The number of carbonyl (C=O) groups excluding carboxylic acids is 1. The Morgan fingerprint density at radius 3 is 2.26 bits per heavy atom. The molecule has 0 spiro atoms. The van der Waals surface area contributed by atoms with Crippen LogP contribution < -0.4 is 14.5 Å². The topological polar surface area (TPSA) is 74.9 Å². The Labute approximate surface area is 213 Å². The van der Waals surface area contributed by atoms with E-state index in [4.69, 9.17) is 9.47 Å². The highest BCUT2D eigenvalue weighted by atomic mass is 19.2. The molecule has 0 saturated heterocycles. The van der Waals surface area contributed by atoms with E-state index in [1.165, 1.54) is 13.0 Å². The van der Waals surface area contributed by atoms with E-state index in [0.29, 0.717) is 28.2 Å². The molecule has 0 unspecified atom stereocenters. The van der Waals surface area contributed by atoms with Gasteiger partial charge < -0.3 is 9.47 Å². The SMILES string of the molecule is CCOc1cc(/C=C2/C(=O)N(c3c(F)c(F)c(F)c(F)c3F)N=C2C)ccc1OCc1ccccc1C#N. The number of halogens is 5. The van der Waals surface area contributed by atoms with Gasteiger partial charge in [-0.2, -0.15) is 15.4 Å². The predicted octanol–water partition coefficient (Wildman–Crippen LogP) is 6.04. The zero-order valence-electron chi connectivity index (χ0n) is 20.0. The van der Waals surface area contributed by atoms with E-state index < -0.39 is 40.7 Å². The van der Waals surface area contributed by atoms with E-state index in [-0.39, 0.29) is 29.5 Å². The van der Waals surface area contributed by atoms with Crippen LogP contribution in [0.1, 0.15) is 30.5 Å². The van der Waals surface area contributed by atoms with Crippen molar-refractivity contribution in [1.29, 1.82) is 5.26 Å². The molecular formula is C27H18F5N3O3. The number of anilines is 1. The molecule has 0 aliphatic carbocycles. The second-order valence-electron chi connectivity index (χ2n) is 7.98. The fraction of sp³-hybridized carbons (Fsp3) is 0.148. The molecule has 38 heavy (non-hydrogen) atoms. The third kappa shape index (κ3) is 4.80. The van der Waals surface area contributed by atoms with Crippen LogP contribution in [0.4, 0.5) is 27.6 Å². The first-order valence-electron chi connectivity index (χ1n) is 11.2. The minimum Gasteiger partial charge on any atom is -0.490 e. The van der Waals surface area contributed by atoms with Crippen molar-refractivity contribution < 1.29 is 36.2 Å². The van der Waals surface area contributed by atoms with Crippen LogP contribution in [0.15, 0.2) is 53.1 Å². The van der Waals surface area contributed by atoms with Crippen LogP contribution in [-0.4, -0.2) is 18.2 Å². The fourth-order valence-corrected chi connectivity index (χ4v) is 3.69. The molecule has 0 saturated carbocycles. The molecule has 3 aromatic rings. The largest absolute Gasteiger partial charge is 0.490 e. The van der Waals surface area contributed by atoms with Crippen LogP contribution in [0.2, 0.25) is 0 Å². The van der Waals surface area contributed by atoms with E-state index in [1.54, 1.807) is 49.4 Å². The molecule has 0 bridgehead atoms. The lowest BCUT2D eigenvalue weighted by atomic mass is 10.1. The molecule has 0 aromatic heterocycles. The van der Waals surface area contributed by atoms with Crippen molar-refractivity contribution in [3.8, 4) is 17.6 Å². The molecule has 1 amide bonds. The van der Waals surface area contributed by atoms with E-state index in [9.17, 15) is 32.0 Å². The van der Waals surface area contributed by atoms with E-state index in [1.807, 2.05) is 0 Å². The van der Waals surface area contributed by atoms with Crippen molar-refractivity contribution in [1.82, 2.24) is 0 Å². The van der Waals surface area contributed by atoms with Crippen molar-refractivity contribution in [2.45, 2.75) is 20.5 Å². The highest BCUT2D eigenvalue weighted by Crippen LogP contribution is 2.35. The van der Waals surface area contributed by atoms with Gasteiger partial charge in [0, 0.05) is 5.56 Å². The normalized spacial score (nSPS) is 14.1. The summed E-state index contributed by atoms with van der Waals surface area (Å²) in [5.74, 6) is -11.5. The molecule has 1 aliphatic heterocycles. The lowest BCUT2D eigenvalue weighted by Gasteiger charge is -2.15. The summed E-state index contributed by atoms with van der Waals surface area (Å²) in [4.78, 5) is 12.9. The average molecular weight is 527 g/mol. The lowest BCUT2D eigenvalue weighted by Crippen LogP contribution is -2.25. The molecule has 1 aliphatic rings. The number of benzene rings is 3. The molecule has 0 atom stereocenters. The molecule has 11 heteroatoms. The number of amides is 1. The van der Waals surface area contributed by atoms with Gasteiger partial charge in [0.2, 0.25) is 5.82 Å². The highest BCUT2D eigenvalue weighted by molar-refractivity contribution is 6.32. The summed E-state index contributed by atoms with van der Waals surface area (Å²) in [5, 5.41) is 13.1. The van der Waals surface area contributed by atoms with Gasteiger partial charge in [-0.15, -0.1) is 0 Å². The summed E-state index contributed by atoms with van der Waals surface area (Å²) in [7, 11) is 0. The van der Waals surface area contributed by atoms with Crippen molar-refractivity contribution in [2.24, 2.45) is 5.10 Å². The number of nitriles is 1. The summed E-state index contributed by atoms with van der Waals surface area (Å²) in [6.45, 7) is 3.46. The van der Waals surface area contributed by atoms with Gasteiger partial charge >= 0.3 is 0 Å². The van der Waals surface area contributed by atoms with Gasteiger partial charge in [-0.25, -0.2) is 22.0 Å². The minimum atomic E-state index is -2.34. The number of carbonyl (C=O) groups is 1. The zero-order valence-corrected chi connectivity index (χ0v) is 20.0. The summed E-state index contributed by atoms with van der Waals surface area (Å²) in [6.07, 6.45) is 1.34. The Kier molecular flexibility index (Phi) is 7.43. The monoisotopic (exact) mass is 527 g/mol. The maximum absolute atomic E-state index is 14.3. The Hall–Kier alpha value is -4.72. The lowest BCUT2D eigenvalue weighted by molar-refractivity contribution is -0.114. The summed E-state index contributed by atoms with van der Waals surface area (Å²) >= 11 is 0. The molecule has 0 fully saturated rings. The highest BCUT2D eigenvalue weighted by Gasteiger charge is 2.37. The van der Waals surface area contributed by atoms with Gasteiger partial charge in [0.1, 0.15) is 12.3 Å². The minimum absolute atomic E-state index is 0.00895. The van der Waals surface area contributed by atoms with Crippen LogP contribution >= 0.6 is 0 Å². The molecule has 3 aromatic carbocycles. The first-order valence-corrected chi connectivity index (χ1v) is 11.2. The first kappa shape index (κ1) is 26.3. The summed E-state index contributed by atoms with van der Waals surface area (Å²) in [6, 6.07) is 13.7. The van der Waals surface area contributed by atoms with Crippen LogP contribution in [-0.2, 0) is 11.4 Å². The van der Waals surface area contributed by atoms with Gasteiger partial charge in [0.25, 0.3) is 5.91 Å². The molecule has 0 radical (unpaired) electrons. The predicted molar refractivity (Wildman–Crippen MR) is 128 cm³/mol. The van der Waals surface area contributed by atoms with Gasteiger partial charge in [0.05, 0.1) is 29.5 Å². The second kappa shape index (κ2) is 10.7. The Morgan fingerprint density at radius 2 is 1.61 bits per heavy atom. The Bertz CT molecular complexity index is 1520. The Morgan fingerprint density at radius 1 is 0.947 bits per heavy atom. The third-order valence-electron chi connectivity index (χ3n) is 5.56. The van der Waals surface area contributed by atoms with E-state index in [2.05, 4.69) is 11.2 Å². The van der Waals surface area contributed by atoms with E-state index in [0.717, 1.165) is 0 Å². The fourth-order valence-electron chi connectivity index (χ4n) is 3.69. The molecule has 0 N–H and O–H groups in total. The Balaban J connectivity index is 1.64. The summed E-state index contributed by atoms with van der Waals surface area (Å²) < 4.78 is 80.8. The number of hydrogen-bond donors (Lipinski definition) is 0. The smallest absolute Gasteiger partial charge is 0.280 e. The van der Waals surface area contributed by atoms with Gasteiger partial charge in [-0.3, -0.25) is 4.79 Å². The molecule has 4 rings (SSSR count). The molecule has 194 valence electrons. The van der Waals surface area contributed by atoms with Crippen molar-refractivity contribution in [3.05, 3.63) is 93.8 Å².